The lowest BCUT2D eigenvalue weighted by Crippen LogP contribution is -2.45. The first-order valence-electron chi connectivity index (χ1n) is 9.55. The maximum Gasteiger partial charge on any atom is 0.326 e. The number of benzene rings is 2. The van der Waals surface area contributed by atoms with E-state index in [0.29, 0.717) is 5.01 Å². The molecule has 0 bridgehead atoms. The molecule has 1 aromatic heterocycles. The van der Waals surface area contributed by atoms with Crippen LogP contribution < -0.4 is 16.4 Å². The second-order valence-corrected chi connectivity index (χ2v) is 7.64. The largest absolute Gasteiger partial charge is 0.480 e. The highest BCUT2D eigenvalue weighted by molar-refractivity contribution is 7.09. The number of aliphatic carboxylic acids is 1. The summed E-state index contributed by atoms with van der Waals surface area (Å²) in [6, 6.07) is 12.1. The van der Waals surface area contributed by atoms with Crippen molar-refractivity contribution < 1.29 is 19.5 Å². The van der Waals surface area contributed by atoms with Crippen LogP contribution in [0.5, 0.6) is 0 Å². The highest BCUT2D eigenvalue weighted by atomic mass is 32.1. The van der Waals surface area contributed by atoms with Crippen LogP contribution in [0.4, 0.5) is 0 Å². The summed E-state index contributed by atoms with van der Waals surface area (Å²) >= 11 is 1.24. The molecular formula is C22H22N4O4S. The van der Waals surface area contributed by atoms with Gasteiger partial charge in [0.25, 0.3) is 11.8 Å². The van der Waals surface area contributed by atoms with Crippen molar-refractivity contribution in [1.82, 2.24) is 15.6 Å². The fourth-order valence-electron chi connectivity index (χ4n) is 3.08. The number of amides is 2. The van der Waals surface area contributed by atoms with E-state index in [9.17, 15) is 19.5 Å². The van der Waals surface area contributed by atoms with Crippen LogP contribution in [0.1, 0.15) is 28.0 Å². The van der Waals surface area contributed by atoms with Gasteiger partial charge in [0.15, 0.2) is 0 Å². The summed E-state index contributed by atoms with van der Waals surface area (Å²) in [4.78, 5) is 40.9. The maximum atomic E-state index is 12.7. The summed E-state index contributed by atoms with van der Waals surface area (Å²) in [6.45, 7) is 1.78. The van der Waals surface area contributed by atoms with E-state index in [0.717, 1.165) is 16.3 Å². The number of hydrogen-bond acceptors (Lipinski definition) is 6. The van der Waals surface area contributed by atoms with Crippen molar-refractivity contribution in [2.75, 3.05) is 0 Å². The van der Waals surface area contributed by atoms with Crippen molar-refractivity contribution in [2.45, 2.75) is 25.9 Å². The number of fused-ring (bicyclic) bond motifs is 1. The average Bonchev–Trinajstić information content (AvgIpc) is 3.26. The third kappa shape index (κ3) is 5.33. The predicted molar refractivity (Wildman–Crippen MR) is 118 cm³/mol. The van der Waals surface area contributed by atoms with Gasteiger partial charge in [-0.25, -0.2) is 9.78 Å². The molecule has 0 aliphatic carbocycles. The van der Waals surface area contributed by atoms with Crippen molar-refractivity contribution in [3.05, 3.63) is 75.9 Å². The summed E-state index contributed by atoms with van der Waals surface area (Å²) in [5, 5.41) is 18.7. The molecule has 9 heteroatoms. The van der Waals surface area contributed by atoms with E-state index in [1.165, 1.54) is 17.4 Å². The fourth-order valence-corrected chi connectivity index (χ4v) is 3.74. The molecule has 5 N–H and O–H groups in total. The highest BCUT2D eigenvalue weighted by Gasteiger charge is 2.24. The first kappa shape index (κ1) is 22.1. The Labute approximate surface area is 182 Å². The second kappa shape index (κ2) is 9.96. The standard InChI is InChI=1S/C22H22N4O4S/c1-2-16(25-21(28)18-12-31-19(11-23)24-18)20(27)26-17(22(29)30)10-14-8-5-7-13-6-3-4-9-15(13)14/h2-9,12,17H,10-11,23H2,1H3,(H,25,28)(H,26,27)(H,29,30)/b16-2-/t17-/m0/s1. The lowest BCUT2D eigenvalue weighted by molar-refractivity contribution is -0.141. The highest BCUT2D eigenvalue weighted by Crippen LogP contribution is 2.20. The van der Waals surface area contributed by atoms with Gasteiger partial charge in [-0.05, 0) is 23.3 Å². The van der Waals surface area contributed by atoms with Gasteiger partial charge in [0.2, 0.25) is 0 Å². The molecule has 2 amide bonds. The minimum absolute atomic E-state index is 0.0588. The number of rotatable bonds is 8. The van der Waals surface area contributed by atoms with E-state index in [4.69, 9.17) is 5.73 Å². The summed E-state index contributed by atoms with van der Waals surface area (Å²) in [7, 11) is 0. The molecule has 2 aromatic carbocycles. The lowest BCUT2D eigenvalue weighted by Gasteiger charge is -2.17. The minimum atomic E-state index is -1.17. The van der Waals surface area contributed by atoms with E-state index >= 15 is 0 Å². The van der Waals surface area contributed by atoms with Crippen molar-refractivity contribution in [1.29, 1.82) is 0 Å². The van der Waals surface area contributed by atoms with E-state index in [1.54, 1.807) is 12.3 Å². The van der Waals surface area contributed by atoms with Gasteiger partial charge in [0, 0.05) is 18.3 Å². The van der Waals surface area contributed by atoms with Crippen molar-refractivity contribution >= 4 is 39.9 Å². The van der Waals surface area contributed by atoms with E-state index in [1.807, 2.05) is 42.5 Å². The van der Waals surface area contributed by atoms with Crippen LogP contribution in [0.3, 0.4) is 0 Å². The molecule has 0 saturated heterocycles. The number of aromatic nitrogens is 1. The molecule has 0 spiro atoms. The minimum Gasteiger partial charge on any atom is -0.480 e. The van der Waals surface area contributed by atoms with Gasteiger partial charge in [-0.3, -0.25) is 9.59 Å². The lowest BCUT2D eigenvalue weighted by atomic mass is 9.98. The van der Waals surface area contributed by atoms with Gasteiger partial charge in [0.05, 0.1) is 0 Å². The second-order valence-electron chi connectivity index (χ2n) is 6.69. The monoisotopic (exact) mass is 438 g/mol. The molecule has 1 atom stereocenters. The smallest absolute Gasteiger partial charge is 0.326 e. The number of carboxylic acid groups (broad SMARTS) is 1. The van der Waals surface area contributed by atoms with Crippen LogP contribution in [0.25, 0.3) is 10.8 Å². The van der Waals surface area contributed by atoms with E-state index in [2.05, 4.69) is 15.6 Å². The van der Waals surface area contributed by atoms with Gasteiger partial charge in [-0.1, -0.05) is 48.5 Å². The van der Waals surface area contributed by atoms with E-state index in [-0.39, 0.29) is 24.4 Å². The summed E-state index contributed by atoms with van der Waals surface area (Å²) < 4.78 is 0. The predicted octanol–water partition coefficient (Wildman–Crippen LogP) is 2.20. The Morgan fingerprint density at radius 2 is 1.94 bits per heavy atom. The maximum absolute atomic E-state index is 12.7. The molecule has 0 fully saturated rings. The molecule has 0 radical (unpaired) electrons. The third-order valence-corrected chi connectivity index (χ3v) is 5.52. The molecule has 31 heavy (non-hydrogen) atoms. The first-order chi connectivity index (χ1) is 14.9. The van der Waals surface area contributed by atoms with Crippen molar-refractivity contribution in [3.8, 4) is 0 Å². The zero-order valence-corrected chi connectivity index (χ0v) is 17.6. The van der Waals surface area contributed by atoms with Crippen LogP contribution in [0, 0.1) is 0 Å². The molecule has 0 unspecified atom stereocenters. The van der Waals surface area contributed by atoms with Crippen LogP contribution in [0.15, 0.2) is 59.6 Å². The number of nitrogens with zero attached hydrogens (tertiary/aromatic N) is 1. The zero-order valence-electron chi connectivity index (χ0n) is 16.8. The van der Waals surface area contributed by atoms with Gasteiger partial charge >= 0.3 is 5.97 Å². The molecule has 160 valence electrons. The fraction of sp³-hybridized carbons (Fsp3) is 0.182. The van der Waals surface area contributed by atoms with E-state index < -0.39 is 23.8 Å². The Kier molecular flexibility index (Phi) is 7.11. The van der Waals surface area contributed by atoms with Gasteiger partial charge in [-0.15, -0.1) is 11.3 Å². The number of carbonyl (C=O) groups is 3. The molecule has 8 nitrogen and oxygen atoms in total. The Hall–Kier alpha value is -3.56. The van der Waals surface area contributed by atoms with Gasteiger partial charge in [0.1, 0.15) is 22.4 Å². The quantitative estimate of drug-likeness (QED) is 0.398. The average molecular weight is 439 g/mol. The number of carboxylic acids is 1. The Balaban J connectivity index is 1.73. The van der Waals surface area contributed by atoms with Crippen molar-refractivity contribution in [3.63, 3.8) is 0 Å². The molecule has 0 aliphatic heterocycles. The normalized spacial score (nSPS) is 12.4. The van der Waals surface area contributed by atoms with Crippen molar-refractivity contribution in [2.24, 2.45) is 5.73 Å². The SMILES string of the molecule is C/C=C(\NC(=O)c1csc(CN)n1)C(=O)N[C@@H](Cc1cccc2ccccc12)C(=O)O. The molecule has 0 saturated carbocycles. The Bertz CT molecular complexity index is 1150. The van der Waals surface area contributed by atoms with Gasteiger partial charge < -0.3 is 21.5 Å². The third-order valence-electron chi connectivity index (χ3n) is 4.65. The topological polar surface area (TPSA) is 134 Å². The number of nitrogens with one attached hydrogen (secondary N) is 2. The Morgan fingerprint density at radius 3 is 2.61 bits per heavy atom. The number of nitrogens with two attached hydrogens (primary N) is 1. The van der Waals surface area contributed by atoms with Gasteiger partial charge in [-0.2, -0.15) is 0 Å². The first-order valence-corrected chi connectivity index (χ1v) is 10.4. The number of carbonyl (C=O) groups excluding carboxylic acids is 2. The number of hydrogen-bond donors (Lipinski definition) is 4. The Morgan fingerprint density at radius 1 is 1.19 bits per heavy atom. The molecule has 1 heterocycles. The summed E-state index contributed by atoms with van der Waals surface area (Å²) in [5.41, 5.74) is 6.39. The summed E-state index contributed by atoms with van der Waals surface area (Å²) in [5.74, 6) is -2.44. The van der Waals surface area contributed by atoms with Crippen LogP contribution in [-0.2, 0) is 22.6 Å². The van der Waals surface area contributed by atoms with Crippen LogP contribution >= 0.6 is 11.3 Å². The molecule has 3 aromatic rings. The summed E-state index contributed by atoms with van der Waals surface area (Å²) in [6.07, 6.45) is 1.50. The van der Waals surface area contributed by atoms with Crippen LogP contribution in [-0.4, -0.2) is 33.9 Å². The number of allylic oxidation sites excluding steroid dienone is 1. The molecule has 3 rings (SSSR count). The number of thiazole rings is 1. The van der Waals surface area contributed by atoms with Crippen LogP contribution in [0.2, 0.25) is 0 Å². The molecule has 0 aliphatic rings. The molecular weight excluding hydrogens is 416 g/mol. The zero-order chi connectivity index (χ0) is 22.4.